The Balaban J connectivity index is 2.77. The van der Waals surface area contributed by atoms with E-state index >= 15 is 0 Å². The Labute approximate surface area is 116 Å². The average Bonchev–Trinajstić information content (AvgIpc) is 2.39. The molecule has 0 bridgehead atoms. The van der Waals surface area contributed by atoms with Gasteiger partial charge in [-0.2, -0.15) is 5.26 Å². The Morgan fingerprint density at radius 2 is 2.00 bits per heavy atom. The van der Waals surface area contributed by atoms with E-state index in [4.69, 9.17) is 10.00 Å². The topological polar surface area (TPSA) is 36.3 Å². The van der Waals surface area contributed by atoms with Crippen molar-refractivity contribution < 1.29 is 4.74 Å². The fraction of sp³-hybridized carbons (Fsp3) is 0.562. The molecule has 0 N–H and O–H groups in total. The Morgan fingerprint density at radius 1 is 1.32 bits per heavy atom. The molecule has 0 aromatic heterocycles. The Bertz CT molecular complexity index is 463. The number of hydrogen-bond donors (Lipinski definition) is 0. The quantitative estimate of drug-likeness (QED) is 0.787. The second-order valence-corrected chi connectivity index (χ2v) is 5.18. The molecule has 0 fully saturated rings. The number of ether oxygens (including phenoxy) is 1. The maximum Gasteiger partial charge on any atom is 0.122 e. The summed E-state index contributed by atoms with van der Waals surface area (Å²) < 4.78 is 5.33. The van der Waals surface area contributed by atoms with E-state index in [1.54, 1.807) is 7.11 Å². The minimum Gasteiger partial charge on any atom is -0.496 e. The summed E-state index contributed by atoms with van der Waals surface area (Å²) in [5.41, 5.74) is 3.69. The number of aryl methyl sites for hydroxylation is 2. The molecule has 0 aliphatic carbocycles. The summed E-state index contributed by atoms with van der Waals surface area (Å²) in [5, 5.41) is 9.01. The summed E-state index contributed by atoms with van der Waals surface area (Å²) in [6, 6.07) is 6.61. The van der Waals surface area contributed by atoms with Crippen LogP contribution in [0.4, 0.5) is 0 Å². The van der Waals surface area contributed by atoms with E-state index in [2.05, 4.69) is 50.9 Å². The maximum atomic E-state index is 9.01. The highest BCUT2D eigenvalue weighted by Gasteiger charge is 2.11. The Morgan fingerprint density at radius 3 is 2.53 bits per heavy atom. The van der Waals surface area contributed by atoms with Gasteiger partial charge in [-0.3, -0.25) is 0 Å². The normalized spacial score (nSPS) is 12.3. The molecule has 1 unspecified atom stereocenters. The lowest BCUT2D eigenvalue weighted by Crippen LogP contribution is -2.24. The van der Waals surface area contributed by atoms with Gasteiger partial charge in [-0.15, -0.1) is 0 Å². The molecule has 0 saturated heterocycles. The van der Waals surface area contributed by atoms with Crippen molar-refractivity contribution >= 4 is 0 Å². The minimum absolute atomic E-state index is 0.115. The molecule has 0 radical (unpaired) electrons. The smallest absolute Gasteiger partial charge is 0.122 e. The van der Waals surface area contributed by atoms with Crippen molar-refractivity contribution in [2.75, 3.05) is 20.7 Å². The van der Waals surface area contributed by atoms with E-state index in [9.17, 15) is 0 Å². The number of rotatable bonds is 6. The van der Waals surface area contributed by atoms with Crippen LogP contribution in [0.25, 0.3) is 0 Å². The lowest BCUT2D eigenvalue weighted by Gasteiger charge is -2.21. The summed E-state index contributed by atoms with van der Waals surface area (Å²) in [5.74, 6) is 1.05. The summed E-state index contributed by atoms with van der Waals surface area (Å²) in [7, 11) is 3.77. The summed E-state index contributed by atoms with van der Waals surface area (Å²) >= 11 is 0. The monoisotopic (exact) mass is 260 g/mol. The first-order valence-corrected chi connectivity index (χ1v) is 6.74. The third-order valence-electron chi connectivity index (χ3n) is 3.50. The van der Waals surface area contributed by atoms with Crippen LogP contribution in [-0.4, -0.2) is 25.6 Å². The van der Waals surface area contributed by atoms with Crippen molar-refractivity contribution in [2.24, 2.45) is 5.92 Å². The molecule has 0 heterocycles. The largest absolute Gasteiger partial charge is 0.496 e. The zero-order valence-electron chi connectivity index (χ0n) is 12.7. The molecular formula is C16H24N2O. The molecule has 0 amide bonds. The van der Waals surface area contributed by atoms with Crippen LogP contribution >= 0.6 is 0 Å². The summed E-state index contributed by atoms with van der Waals surface area (Å²) in [6.07, 6.45) is 0.904. The van der Waals surface area contributed by atoms with Crippen LogP contribution in [0, 0.1) is 31.1 Å². The van der Waals surface area contributed by atoms with Crippen molar-refractivity contribution in [3.8, 4) is 11.8 Å². The van der Waals surface area contributed by atoms with Gasteiger partial charge in [0.1, 0.15) is 5.75 Å². The predicted octanol–water partition coefficient (Wildman–Crippen LogP) is 3.29. The van der Waals surface area contributed by atoms with Crippen LogP contribution in [-0.2, 0) is 6.54 Å². The van der Waals surface area contributed by atoms with Gasteiger partial charge in [0.25, 0.3) is 0 Å². The van der Waals surface area contributed by atoms with Gasteiger partial charge in [-0.05, 0) is 50.1 Å². The molecule has 19 heavy (non-hydrogen) atoms. The molecule has 0 aliphatic rings. The van der Waals surface area contributed by atoms with E-state index in [-0.39, 0.29) is 5.92 Å². The van der Waals surface area contributed by atoms with Gasteiger partial charge in [-0.1, -0.05) is 13.0 Å². The zero-order chi connectivity index (χ0) is 14.4. The molecule has 3 heteroatoms. The molecule has 1 aromatic carbocycles. The van der Waals surface area contributed by atoms with Crippen LogP contribution < -0.4 is 4.74 Å². The van der Waals surface area contributed by atoms with Crippen molar-refractivity contribution in [1.29, 1.82) is 5.26 Å². The van der Waals surface area contributed by atoms with E-state index in [0.717, 1.165) is 30.8 Å². The number of methoxy groups -OCH3 is 1. The van der Waals surface area contributed by atoms with E-state index in [0.29, 0.717) is 0 Å². The van der Waals surface area contributed by atoms with Gasteiger partial charge in [0.05, 0.1) is 19.1 Å². The summed E-state index contributed by atoms with van der Waals surface area (Å²) in [4.78, 5) is 2.21. The summed E-state index contributed by atoms with van der Waals surface area (Å²) in [6.45, 7) is 7.91. The van der Waals surface area contributed by atoms with Crippen LogP contribution in [0.3, 0.4) is 0 Å². The molecule has 1 atom stereocenters. The highest BCUT2D eigenvalue weighted by atomic mass is 16.5. The van der Waals surface area contributed by atoms with Gasteiger partial charge < -0.3 is 9.64 Å². The molecular weight excluding hydrogens is 236 g/mol. The number of hydrogen-bond acceptors (Lipinski definition) is 3. The average molecular weight is 260 g/mol. The SMILES string of the molecule is CCC(C#N)CN(C)Cc1cc(C)c(OC)cc1C. The molecule has 0 spiro atoms. The molecule has 0 saturated carbocycles. The van der Waals surface area contributed by atoms with Crippen molar-refractivity contribution in [3.05, 3.63) is 28.8 Å². The van der Waals surface area contributed by atoms with Crippen LogP contribution in [0.2, 0.25) is 0 Å². The first-order chi connectivity index (χ1) is 9.01. The Kier molecular flexibility index (Phi) is 5.85. The van der Waals surface area contributed by atoms with E-state index in [1.807, 2.05) is 0 Å². The number of nitriles is 1. The predicted molar refractivity (Wildman–Crippen MR) is 78.2 cm³/mol. The highest BCUT2D eigenvalue weighted by molar-refractivity contribution is 5.41. The lowest BCUT2D eigenvalue weighted by molar-refractivity contribution is 0.291. The van der Waals surface area contributed by atoms with Gasteiger partial charge in [0, 0.05) is 13.1 Å². The highest BCUT2D eigenvalue weighted by Crippen LogP contribution is 2.23. The third-order valence-corrected chi connectivity index (χ3v) is 3.50. The lowest BCUT2D eigenvalue weighted by atomic mass is 10.0. The molecule has 104 valence electrons. The van der Waals surface area contributed by atoms with Crippen molar-refractivity contribution in [3.63, 3.8) is 0 Å². The van der Waals surface area contributed by atoms with E-state index in [1.165, 1.54) is 11.1 Å². The molecule has 0 aliphatic heterocycles. The molecule has 1 aromatic rings. The first kappa shape index (κ1) is 15.5. The standard InChI is InChI=1S/C16H24N2O/c1-6-14(9-17)10-18(4)11-15-7-13(3)16(19-5)8-12(15)2/h7-8,14H,6,10-11H2,1-5H3. The zero-order valence-corrected chi connectivity index (χ0v) is 12.7. The second kappa shape index (κ2) is 7.16. The fourth-order valence-corrected chi connectivity index (χ4v) is 2.23. The number of benzene rings is 1. The molecule has 1 rings (SSSR count). The van der Waals surface area contributed by atoms with Gasteiger partial charge in [-0.25, -0.2) is 0 Å². The van der Waals surface area contributed by atoms with Crippen molar-refractivity contribution in [2.45, 2.75) is 33.7 Å². The van der Waals surface area contributed by atoms with Crippen molar-refractivity contribution in [1.82, 2.24) is 4.90 Å². The third kappa shape index (κ3) is 4.25. The first-order valence-electron chi connectivity index (χ1n) is 6.74. The van der Waals surface area contributed by atoms with Crippen LogP contribution in [0.5, 0.6) is 5.75 Å². The van der Waals surface area contributed by atoms with Gasteiger partial charge >= 0.3 is 0 Å². The molecule has 3 nitrogen and oxygen atoms in total. The maximum absolute atomic E-state index is 9.01. The van der Waals surface area contributed by atoms with Crippen LogP contribution in [0.1, 0.15) is 30.0 Å². The fourth-order valence-electron chi connectivity index (χ4n) is 2.23. The Hall–Kier alpha value is -1.53. The van der Waals surface area contributed by atoms with E-state index < -0.39 is 0 Å². The van der Waals surface area contributed by atoms with Gasteiger partial charge in [0.15, 0.2) is 0 Å². The van der Waals surface area contributed by atoms with Crippen LogP contribution in [0.15, 0.2) is 12.1 Å². The second-order valence-electron chi connectivity index (χ2n) is 5.18. The van der Waals surface area contributed by atoms with Gasteiger partial charge in [0.2, 0.25) is 0 Å². The number of nitrogens with zero attached hydrogens (tertiary/aromatic N) is 2. The minimum atomic E-state index is 0.115.